The SMILES string of the molecule is CCC(CC)(Oc1ccc(Cl)cc1)C(=O)O. The van der Waals surface area contributed by atoms with Crippen molar-refractivity contribution in [2.24, 2.45) is 0 Å². The molecule has 0 bridgehead atoms. The summed E-state index contributed by atoms with van der Waals surface area (Å²) in [6.07, 6.45) is 0.836. The number of hydrogen-bond acceptors (Lipinski definition) is 2. The van der Waals surface area contributed by atoms with Gasteiger partial charge in [-0.25, -0.2) is 4.79 Å². The molecule has 3 nitrogen and oxygen atoms in total. The molecule has 0 spiro atoms. The van der Waals surface area contributed by atoms with Crippen molar-refractivity contribution >= 4 is 17.6 Å². The van der Waals surface area contributed by atoms with Gasteiger partial charge in [0.1, 0.15) is 5.75 Å². The molecule has 0 atom stereocenters. The Hall–Kier alpha value is -1.22. The third kappa shape index (κ3) is 2.67. The number of carbonyl (C=O) groups is 1. The van der Waals surface area contributed by atoms with E-state index in [4.69, 9.17) is 16.3 Å². The van der Waals surface area contributed by atoms with Crippen molar-refractivity contribution in [1.29, 1.82) is 0 Å². The van der Waals surface area contributed by atoms with E-state index in [-0.39, 0.29) is 0 Å². The number of halogens is 1. The van der Waals surface area contributed by atoms with E-state index in [1.54, 1.807) is 38.1 Å². The van der Waals surface area contributed by atoms with Gasteiger partial charge in [-0.15, -0.1) is 0 Å². The summed E-state index contributed by atoms with van der Waals surface area (Å²) < 4.78 is 5.56. The summed E-state index contributed by atoms with van der Waals surface area (Å²) in [7, 11) is 0. The zero-order valence-electron chi connectivity index (χ0n) is 9.37. The van der Waals surface area contributed by atoms with E-state index in [0.717, 1.165) is 0 Å². The summed E-state index contributed by atoms with van der Waals surface area (Å²) in [6.45, 7) is 3.60. The second-order valence-corrected chi connectivity index (χ2v) is 4.00. The first-order valence-electron chi connectivity index (χ1n) is 5.22. The maximum atomic E-state index is 11.2. The summed E-state index contributed by atoms with van der Waals surface area (Å²) in [4.78, 5) is 11.2. The Morgan fingerprint density at radius 1 is 1.31 bits per heavy atom. The van der Waals surface area contributed by atoms with Crippen LogP contribution in [0.1, 0.15) is 26.7 Å². The molecule has 0 radical (unpaired) electrons. The lowest BCUT2D eigenvalue weighted by atomic mass is 9.97. The predicted molar refractivity (Wildman–Crippen MR) is 63.0 cm³/mol. The summed E-state index contributed by atoms with van der Waals surface area (Å²) in [5.41, 5.74) is -1.15. The average molecular weight is 243 g/mol. The molecule has 1 rings (SSSR count). The standard InChI is InChI=1S/C12H15ClO3/c1-3-12(4-2,11(14)15)16-10-7-5-9(13)6-8-10/h5-8H,3-4H2,1-2H3,(H,14,15). The van der Waals surface area contributed by atoms with Crippen LogP contribution in [0, 0.1) is 0 Å². The number of hydrogen-bond donors (Lipinski definition) is 1. The van der Waals surface area contributed by atoms with Gasteiger partial charge in [0, 0.05) is 5.02 Å². The lowest BCUT2D eigenvalue weighted by Crippen LogP contribution is -2.43. The minimum Gasteiger partial charge on any atom is -0.478 e. The summed E-state index contributed by atoms with van der Waals surface area (Å²) in [6, 6.07) is 6.69. The number of rotatable bonds is 5. The second kappa shape index (κ2) is 5.21. The van der Waals surface area contributed by atoms with Crippen LogP contribution in [0.3, 0.4) is 0 Å². The van der Waals surface area contributed by atoms with Crippen LogP contribution in [0.15, 0.2) is 24.3 Å². The predicted octanol–water partition coefficient (Wildman–Crippen LogP) is 3.36. The van der Waals surface area contributed by atoms with Crippen molar-refractivity contribution in [2.45, 2.75) is 32.3 Å². The minimum atomic E-state index is -1.15. The van der Waals surface area contributed by atoms with Crippen LogP contribution in [-0.4, -0.2) is 16.7 Å². The van der Waals surface area contributed by atoms with Crippen molar-refractivity contribution in [1.82, 2.24) is 0 Å². The molecule has 4 heteroatoms. The topological polar surface area (TPSA) is 46.5 Å². The third-order valence-electron chi connectivity index (χ3n) is 2.66. The molecular weight excluding hydrogens is 228 g/mol. The highest BCUT2D eigenvalue weighted by atomic mass is 35.5. The smallest absolute Gasteiger partial charge is 0.348 e. The highest BCUT2D eigenvalue weighted by Gasteiger charge is 2.37. The quantitative estimate of drug-likeness (QED) is 0.861. The molecule has 0 fully saturated rings. The van der Waals surface area contributed by atoms with Gasteiger partial charge in [-0.05, 0) is 37.1 Å². The van der Waals surface area contributed by atoms with Crippen LogP contribution in [0.25, 0.3) is 0 Å². The number of benzene rings is 1. The highest BCUT2D eigenvalue weighted by Crippen LogP contribution is 2.26. The maximum absolute atomic E-state index is 11.2. The monoisotopic (exact) mass is 242 g/mol. The van der Waals surface area contributed by atoms with Gasteiger partial charge < -0.3 is 9.84 Å². The molecular formula is C12H15ClO3. The van der Waals surface area contributed by atoms with Crippen LogP contribution in [0.2, 0.25) is 5.02 Å². The average Bonchev–Trinajstić information content (AvgIpc) is 2.28. The Bertz CT molecular complexity index is 355. The van der Waals surface area contributed by atoms with Crippen LogP contribution >= 0.6 is 11.6 Å². The third-order valence-corrected chi connectivity index (χ3v) is 2.91. The summed E-state index contributed by atoms with van der Waals surface area (Å²) >= 11 is 5.74. The Labute approximate surface area is 100.0 Å². The van der Waals surface area contributed by atoms with Gasteiger partial charge in [-0.1, -0.05) is 25.4 Å². The van der Waals surface area contributed by atoms with Crippen molar-refractivity contribution in [3.8, 4) is 5.75 Å². The van der Waals surface area contributed by atoms with Gasteiger partial charge in [0.2, 0.25) is 5.60 Å². The van der Waals surface area contributed by atoms with Crippen molar-refractivity contribution in [3.05, 3.63) is 29.3 Å². The lowest BCUT2D eigenvalue weighted by Gasteiger charge is -2.28. The molecule has 0 unspecified atom stereocenters. The molecule has 0 aromatic heterocycles. The van der Waals surface area contributed by atoms with Crippen LogP contribution in [-0.2, 0) is 4.79 Å². The number of carboxylic acids is 1. The Morgan fingerprint density at radius 2 is 1.81 bits per heavy atom. The van der Waals surface area contributed by atoms with E-state index in [1.165, 1.54) is 0 Å². The minimum absolute atomic E-state index is 0.418. The van der Waals surface area contributed by atoms with Gasteiger partial charge in [-0.3, -0.25) is 0 Å². The highest BCUT2D eigenvalue weighted by molar-refractivity contribution is 6.30. The normalized spacial score (nSPS) is 11.2. The molecule has 88 valence electrons. The molecule has 1 N–H and O–H groups in total. The van der Waals surface area contributed by atoms with Gasteiger partial charge in [0.15, 0.2) is 0 Å². The number of carboxylic acid groups (broad SMARTS) is 1. The van der Waals surface area contributed by atoms with Crippen LogP contribution < -0.4 is 4.74 Å². The fourth-order valence-corrected chi connectivity index (χ4v) is 1.59. The molecule has 0 saturated carbocycles. The molecule has 0 aliphatic heterocycles. The van der Waals surface area contributed by atoms with E-state index in [2.05, 4.69) is 0 Å². The summed E-state index contributed by atoms with van der Waals surface area (Å²) in [5.74, 6) is -0.414. The van der Waals surface area contributed by atoms with Gasteiger partial charge in [0.05, 0.1) is 0 Å². The van der Waals surface area contributed by atoms with E-state index >= 15 is 0 Å². The molecule has 0 amide bonds. The molecule has 1 aromatic rings. The molecule has 0 aliphatic carbocycles. The molecule has 0 saturated heterocycles. The first-order chi connectivity index (χ1) is 7.54. The first kappa shape index (κ1) is 12.8. The largest absolute Gasteiger partial charge is 0.478 e. The van der Waals surface area contributed by atoms with E-state index < -0.39 is 11.6 Å². The molecule has 1 aromatic carbocycles. The van der Waals surface area contributed by atoms with Crippen molar-refractivity contribution < 1.29 is 14.6 Å². The second-order valence-electron chi connectivity index (χ2n) is 3.56. The Kier molecular flexibility index (Phi) is 4.19. The fourth-order valence-electron chi connectivity index (χ4n) is 1.47. The number of aliphatic carboxylic acids is 1. The summed E-state index contributed by atoms with van der Waals surface area (Å²) in [5, 5.41) is 9.79. The molecule has 16 heavy (non-hydrogen) atoms. The fraction of sp³-hybridized carbons (Fsp3) is 0.417. The van der Waals surface area contributed by atoms with E-state index in [9.17, 15) is 9.90 Å². The van der Waals surface area contributed by atoms with Crippen LogP contribution in [0.5, 0.6) is 5.75 Å². The first-order valence-corrected chi connectivity index (χ1v) is 5.60. The van der Waals surface area contributed by atoms with Crippen molar-refractivity contribution in [3.63, 3.8) is 0 Å². The molecule has 0 aliphatic rings. The van der Waals surface area contributed by atoms with Gasteiger partial charge in [0.25, 0.3) is 0 Å². The van der Waals surface area contributed by atoms with Gasteiger partial charge in [-0.2, -0.15) is 0 Å². The van der Waals surface area contributed by atoms with E-state index in [0.29, 0.717) is 23.6 Å². The molecule has 0 heterocycles. The Morgan fingerprint density at radius 3 is 2.19 bits per heavy atom. The van der Waals surface area contributed by atoms with Crippen LogP contribution in [0.4, 0.5) is 0 Å². The van der Waals surface area contributed by atoms with E-state index in [1.807, 2.05) is 0 Å². The maximum Gasteiger partial charge on any atom is 0.348 e. The Balaban J connectivity index is 2.91. The zero-order valence-corrected chi connectivity index (χ0v) is 10.1. The zero-order chi connectivity index (χ0) is 12.2. The van der Waals surface area contributed by atoms with Gasteiger partial charge >= 0.3 is 5.97 Å². The number of ether oxygens (including phenoxy) is 1. The lowest BCUT2D eigenvalue weighted by molar-refractivity contribution is -0.156. The van der Waals surface area contributed by atoms with Crippen molar-refractivity contribution in [2.75, 3.05) is 0 Å².